The highest BCUT2D eigenvalue weighted by Gasteiger charge is 2.26. The Bertz CT molecular complexity index is 726. The zero-order valence-electron chi connectivity index (χ0n) is 14.3. The number of fused-ring (bicyclic) bond motifs is 1. The zero-order chi connectivity index (χ0) is 17.3. The van der Waals surface area contributed by atoms with Crippen LogP contribution >= 0.6 is 0 Å². The molecule has 1 aromatic heterocycles. The predicted octanol–water partition coefficient (Wildman–Crippen LogP) is 2.52. The van der Waals surface area contributed by atoms with Crippen molar-refractivity contribution in [2.24, 2.45) is 5.92 Å². The van der Waals surface area contributed by atoms with Gasteiger partial charge < -0.3 is 24.6 Å². The Morgan fingerprint density at radius 1 is 1.50 bits per heavy atom. The van der Waals surface area contributed by atoms with E-state index >= 15 is 0 Å². The fourth-order valence-electron chi connectivity index (χ4n) is 2.98. The lowest BCUT2D eigenvalue weighted by Crippen LogP contribution is -2.44. The molecule has 1 fully saturated rings. The van der Waals surface area contributed by atoms with Gasteiger partial charge in [0.25, 0.3) is 6.01 Å². The molecule has 1 aliphatic heterocycles. The molecule has 1 aliphatic rings. The predicted molar refractivity (Wildman–Crippen MR) is 93.3 cm³/mol. The molecule has 0 aliphatic carbocycles. The maximum absolute atomic E-state index is 12.5. The van der Waals surface area contributed by atoms with Gasteiger partial charge in [-0.3, -0.25) is 0 Å². The van der Waals surface area contributed by atoms with E-state index in [1.807, 2.05) is 14.1 Å². The van der Waals surface area contributed by atoms with Crippen LogP contribution in [0.25, 0.3) is 11.1 Å². The normalized spacial score (nSPS) is 19.3. The highest BCUT2D eigenvalue weighted by molar-refractivity contribution is 5.92. The number of benzene rings is 1. The summed E-state index contributed by atoms with van der Waals surface area (Å²) >= 11 is 0. The Labute approximate surface area is 141 Å². The highest BCUT2D eigenvalue weighted by atomic mass is 16.4. The Balaban J connectivity index is 1.70. The van der Waals surface area contributed by atoms with Crippen LogP contribution in [0.4, 0.5) is 16.5 Å². The summed E-state index contributed by atoms with van der Waals surface area (Å²) in [5.74, 6) is 0.144. The first-order valence-electron chi connectivity index (χ1n) is 8.26. The monoisotopic (exact) mass is 332 g/mol. The largest absolute Gasteiger partial charge is 0.423 e. The van der Waals surface area contributed by atoms with Gasteiger partial charge >= 0.3 is 6.03 Å². The molecule has 2 N–H and O–H groups in total. The van der Waals surface area contributed by atoms with E-state index in [2.05, 4.69) is 10.3 Å². The molecule has 2 unspecified atom stereocenters. The number of hydrogen-bond acceptors (Lipinski definition) is 5. The van der Waals surface area contributed by atoms with Crippen molar-refractivity contribution >= 4 is 28.8 Å². The van der Waals surface area contributed by atoms with Crippen LogP contribution in [0.2, 0.25) is 0 Å². The van der Waals surface area contributed by atoms with Gasteiger partial charge in [-0.2, -0.15) is 4.98 Å². The quantitative estimate of drug-likeness (QED) is 0.902. The molecule has 0 radical (unpaired) electrons. The smallest absolute Gasteiger partial charge is 0.321 e. The molecular weight excluding hydrogens is 308 g/mol. The topological polar surface area (TPSA) is 81.8 Å². The number of aliphatic hydroxyl groups is 1. The molecule has 130 valence electrons. The van der Waals surface area contributed by atoms with Crippen LogP contribution in [0.1, 0.15) is 19.8 Å². The summed E-state index contributed by atoms with van der Waals surface area (Å²) in [6, 6.07) is 5.81. The van der Waals surface area contributed by atoms with Gasteiger partial charge in [-0.25, -0.2) is 4.79 Å². The van der Waals surface area contributed by atoms with Gasteiger partial charge in [0.15, 0.2) is 5.58 Å². The molecule has 1 aromatic carbocycles. The van der Waals surface area contributed by atoms with Gasteiger partial charge in [0, 0.05) is 38.8 Å². The SMILES string of the molecule is CC(O)C1CCCN(C(=O)Nc2ccc3oc(N(C)C)nc3c2)C1. The number of likely N-dealkylation sites (tertiary alicyclic amines) is 1. The number of urea groups is 1. The number of nitrogens with one attached hydrogen (secondary N) is 1. The first-order valence-corrected chi connectivity index (χ1v) is 8.26. The lowest BCUT2D eigenvalue weighted by Gasteiger charge is -2.34. The lowest BCUT2D eigenvalue weighted by atomic mass is 9.94. The number of aromatic nitrogens is 1. The molecule has 2 atom stereocenters. The fraction of sp³-hybridized carbons (Fsp3) is 0.529. The number of nitrogens with zero attached hydrogens (tertiary/aromatic N) is 3. The minimum Gasteiger partial charge on any atom is -0.423 e. The van der Waals surface area contributed by atoms with E-state index in [0.29, 0.717) is 35.9 Å². The van der Waals surface area contributed by atoms with Crippen molar-refractivity contribution < 1.29 is 14.3 Å². The number of carbonyl (C=O) groups excluding carboxylic acids is 1. The van der Waals surface area contributed by atoms with Crippen LogP contribution in [-0.4, -0.2) is 54.3 Å². The summed E-state index contributed by atoms with van der Waals surface area (Å²) < 4.78 is 5.61. The summed E-state index contributed by atoms with van der Waals surface area (Å²) in [7, 11) is 3.73. The second-order valence-corrected chi connectivity index (χ2v) is 6.59. The van der Waals surface area contributed by atoms with Crippen molar-refractivity contribution in [2.75, 3.05) is 37.4 Å². The Hall–Kier alpha value is -2.28. The van der Waals surface area contributed by atoms with E-state index in [9.17, 15) is 9.90 Å². The molecule has 2 amide bonds. The summed E-state index contributed by atoms with van der Waals surface area (Å²) in [5, 5.41) is 12.7. The molecule has 3 rings (SSSR count). The zero-order valence-corrected chi connectivity index (χ0v) is 14.3. The summed E-state index contributed by atoms with van der Waals surface area (Å²) in [4.78, 5) is 20.4. The van der Waals surface area contributed by atoms with Crippen molar-refractivity contribution in [3.05, 3.63) is 18.2 Å². The molecule has 7 nitrogen and oxygen atoms in total. The molecule has 0 spiro atoms. The summed E-state index contributed by atoms with van der Waals surface area (Å²) in [6.07, 6.45) is 1.48. The van der Waals surface area contributed by atoms with Gasteiger partial charge in [0.05, 0.1) is 6.10 Å². The van der Waals surface area contributed by atoms with Gasteiger partial charge in [0.1, 0.15) is 5.52 Å². The first kappa shape index (κ1) is 16.6. The first-order chi connectivity index (χ1) is 11.4. The van der Waals surface area contributed by atoms with Crippen molar-refractivity contribution in [1.29, 1.82) is 0 Å². The van der Waals surface area contributed by atoms with Crippen molar-refractivity contribution in [3.63, 3.8) is 0 Å². The Morgan fingerprint density at radius 2 is 2.29 bits per heavy atom. The number of piperidine rings is 1. The van der Waals surface area contributed by atoms with E-state index in [0.717, 1.165) is 12.8 Å². The molecule has 24 heavy (non-hydrogen) atoms. The van der Waals surface area contributed by atoms with Gasteiger partial charge in [-0.1, -0.05) is 0 Å². The van der Waals surface area contributed by atoms with Crippen molar-refractivity contribution in [3.8, 4) is 0 Å². The van der Waals surface area contributed by atoms with E-state index < -0.39 is 6.10 Å². The van der Waals surface area contributed by atoms with E-state index in [4.69, 9.17) is 4.42 Å². The molecule has 0 bridgehead atoms. The third kappa shape index (κ3) is 3.46. The third-order valence-corrected chi connectivity index (χ3v) is 4.44. The Morgan fingerprint density at radius 3 is 3.00 bits per heavy atom. The number of oxazole rings is 1. The van der Waals surface area contributed by atoms with Gasteiger partial charge in [-0.15, -0.1) is 0 Å². The maximum Gasteiger partial charge on any atom is 0.321 e. The number of rotatable bonds is 3. The molecule has 1 saturated heterocycles. The highest BCUT2D eigenvalue weighted by Crippen LogP contribution is 2.25. The summed E-state index contributed by atoms with van der Waals surface area (Å²) in [5.41, 5.74) is 2.08. The lowest BCUT2D eigenvalue weighted by molar-refractivity contribution is 0.0766. The second-order valence-electron chi connectivity index (χ2n) is 6.59. The van der Waals surface area contributed by atoms with Crippen LogP contribution in [-0.2, 0) is 0 Å². The molecule has 2 heterocycles. The van der Waals surface area contributed by atoms with Crippen LogP contribution in [0, 0.1) is 5.92 Å². The van der Waals surface area contributed by atoms with Crippen molar-refractivity contribution in [2.45, 2.75) is 25.9 Å². The third-order valence-electron chi connectivity index (χ3n) is 4.44. The number of aliphatic hydroxyl groups excluding tert-OH is 1. The minimum absolute atomic E-state index is 0.143. The van der Waals surface area contributed by atoms with Crippen LogP contribution in [0.15, 0.2) is 22.6 Å². The number of hydrogen-bond donors (Lipinski definition) is 2. The molecule has 2 aromatic rings. The average Bonchev–Trinajstić information content (AvgIpc) is 2.98. The maximum atomic E-state index is 12.5. The van der Waals surface area contributed by atoms with Gasteiger partial charge in [-0.05, 0) is 38.0 Å². The summed E-state index contributed by atoms with van der Waals surface area (Å²) in [6.45, 7) is 3.08. The van der Waals surface area contributed by atoms with E-state index in [-0.39, 0.29) is 11.9 Å². The van der Waals surface area contributed by atoms with E-state index in [1.165, 1.54) is 0 Å². The number of carbonyl (C=O) groups is 1. The molecular formula is C17H24N4O3. The van der Waals surface area contributed by atoms with Crippen LogP contribution in [0.3, 0.4) is 0 Å². The minimum atomic E-state index is -0.392. The standard InChI is InChI=1S/C17H24N4O3/c1-11(22)12-5-4-8-21(10-12)16(23)18-13-6-7-15-14(9-13)19-17(24-15)20(2)3/h6-7,9,11-12,22H,4-5,8,10H2,1-3H3,(H,18,23). The molecule has 7 heteroatoms. The van der Waals surface area contributed by atoms with E-state index in [1.54, 1.807) is 34.9 Å². The molecule has 0 saturated carbocycles. The van der Waals surface area contributed by atoms with Gasteiger partial charge in [0.2, 0.25) is 0 Å². The Kier molecular flexibility index (Phi) is 4.62. The van der Waals surface area contributed by atoms with Crippen LogP contribution in [0.5, 0.6) is 0 Å². The number of anilines is 2. The van der Waals surface area contributed by atoms with Crippen LogP contribution < -0.4 is 10.2 Å². The second kappa shape index (κ2) is 6.68. The number of amides is 2. The van der Waals surface area contributed by atoms with Crippen molar-refractivity contribution in [1.82, 2.24) is 9.88 Å². The average molecular weight is 332 g/mol. The fourth-order valence-corrected chi connectivity index (χ4v) is 2.98.